The fourth-order valence-electron chi connectivity index (χ4n) is 2.77. The van der Waals surface area contributed by atoms with Crippen LogP contribution in [-0.2, 0) is 13.2 Å². The fourth-order valence-corrected chi connectivity index (χ4v) is 2.77. The number of alkyl halides is 3. The van der Waals surface area contributed by atoms with Crippen molar-refractivity contribution in [3.05, 3.63) is 95.3 Å². The second kappa shape index (κ2) is 7.07. The number of amides is 1. The number of hydrogen-bond donors (Lipinski definition) is 1. The third-order valence-corrected chi connectivity index (χ3v) is 4.16. The van der Waals surface area contributed by atoms with Crippen molar-refractivity contribution in [2.45, 2.75) is 12.2 Å². The van der Waals surface area contributed by atoms with Crippen LogP contribution in [0.1, 0.15) is 33.2 Å². The van der Waals surface area contributed by atoms with Crippen LogP contribution in [0.3, 0.4) is 0 Å². The molecule has 0 fully saturated rings. The Labute approximate surface area is 149 Å². The topological polar surface area (TPSA) is 34.0 Å². The van der Waals surface area contributed by atoms with Gasteiger partial charge in [0.05, 0.1) is 11.6 Å². The van der Waals surface area contributed by atoms with Gasteiger partial charge in [-0.15, -0.1) is 0 Å². The van der Waals surface area contributed by atoms with Crippen molar-refractivity contribution in [3.8, 4) is 0 Å². The van der Waals surface area contributed by atoms with E-state index in [4.69, 9.17) is 0 Å². The maximum atomic E-state index is 12.8. The van der Waals surface area contributed by atoms with Crippen LogP contribution in [0.2, 0.25) is 0 Å². The van der Waals surface area contributed by atoms with Gasteiger partial charge in [0.15, 0.2) is 0 Å². The molecular formula is C20H17F3N2O. The molecule has 0 radical (unpaired) electrons. The molecule has 1 amide bonds. The molecule has 1 atom stereocenters. The van der Waals surface area contributed by atoms with Crippen LogP contribution in [0.15, 0.2) is 72.9 Å². The van der Waals surface area contributed by atoms with E-state index in [0.29, 0.717) is 11.1 Å². The number of carbonyl (C=O) groups excluding carboxylic acids is 1. The summed E-state index contributed by atoms with van der Waals surface area (Å²) in [4.78, 5) is 12.6. The van der Waals surface area contributed by atoms with Crippen molar-refractivity contribution < 1.29 is 18.0 Å². The number of halogens is 3. The van der Waals surface area contributed by atoms with Crippen molar-refractivity contribution in [1.29, 1.82) is 0 Å². The molecule has 1 unspecified atom stereocenters. The summed E-state index contributed by atoms with van der Waals surface area (Å²) < 4.78 is 40.3. The van der Waals surface area contributed by atoms with E-state index in [9.17, 15) is 18.0 Å². The molecule has 26 heavy (non-hydrogen) atoms. The zero-order chi connectivity index (χ0) is 18.7. The number of nitrogens with zero attached hydrogens (tertiary/aromatic N) is 1. The lowest BCUT2D eigenvalue weighted by Crippen LogP contribution is -2.30. The SMILES string of the molecule is Cn1cccc1C(NC(=O)c1ccccc1)c1ccc(C(F)(F)F)cc1. The monoisotopic (exact) mass is 358 g/mol. The standard InChI is InChI=1S/C20H17F3N2O/c1-25-13-5-8-17(25)18(24-19(26)15-6-3-2-4-7-15)14-9-11-16(12-10-14)20(21,22)23/h2-13,18H,1H3,(H,24,26). The van der Waals surface area contributed by atoms with Crippen molar-refractivity contribution in [2.75, 3.05) is 0 Å². The Hall–Kier alpha value is -3.02. The van der Waals surface area contributed by atoms with Gasteiger partial charge in [-0.1, -0.05) is 30.3 Å². The minimum Gasteiger partial charge on any atom is -0.352 e. The molecule has 0 spiro atoms. The van der Waals surface area contributed by atoms with Crippen molar-refractivity contribution >= 4 is 5.91 Å². The molecule has 0 aliphatic heterocycles. The average Bonchev–Trinajstić information content (AvgIpc) is 3.05. The summed E-state index contributed by atoms with van der Waals surface area (Å²) in [5, 5.41) is 2.91. The molecule has 1 N–H and O–H groups in total. The largest absolute Gasteiger partial charge is 0.416 e. The molecule has 2 aromatic carbocycles. The van der Waals surface area contributed by atoms with E-state index in [2.05, 4.69) is 5.32 Å². The highest BCUT2D eigenvalue weighted by Gasteiger charge is 2.30. The summed E-state index contributed by atoms with van der Waals surface area (Å²) in [6.45, 7) is 0. The number of aryl methyl sites for hydroxylation is 1. The summed E-state index contributed by atoms with van der Waals surface area (Å²) in [5.41, 5.74) is 1.11. The summed E-state index contributed by atoms with van der Waals surface area (Å²) in [5.74, 6) is -0.295. The highest BCUT2D eigenvalue weighted by Crippen LogP contribution is 2.31. The number of rotatable bonds is 4. The van der Waals surface area contributed by atoms with Gasteiger partial charge in [0.2, 0.25) is 0 Å². The maximum absolute atomic E-state index is 12.8. The van der Waals surface area contributed by atoms with Crippen molar-refractivity contribution in [3.63, 3.8) is 0 Å². The van der Waals surface area contributed by atoms with E-state index in [0.717, 1.165) is 17.8 Å². The minimum atomic E-state index is -4.40. The first-order chi connectivity index (χ1) is 12.4. The molecule has 3 nitrogen and oxygen atoms in total. The molecule has 0 aliphatic carbocycles. The number of aromatic nitrogens is 1. The second-order valence-electron chi connectivity index (χ2n) is 5.94. The van der Waals surface area contributed by atoms with E-state index >= 15 is 0 Å². The van der Waals surface area contributed by atoms with Crippen LogP contribution in [0.5, 0.6) is 0 Å². The van der Waals surface area contributed by atoms with E-state index in [1.807, 2.05) is 29.9 Å². The summed E-state index contributed by atoms with van der Waals surface area (Å²) in [6, 6.07) is 16.6. The number of carbonyl (C=O) groups is 1. The number of hydrogen-bond acceptors (Lipinski definition) is 1. The highest BCUT2D eigenvalue weighted by molar-refractivity contribution is 5.94. The number of nitrogens with one attached hydrogen (secondary N) is 1. The molecule has 1 heterocycles. The van der Waals surface area contributed by atoms with Gasteiger partial charge >= 0.3 is 6.18 Å². The normalized spacial score (nSPS) is 12.6. The molecule has 6 heteroatoms. The van der Waals surface area contributed by atoms with Crippen LogP contribution in [0, 0.1) is 0 Å². The molecule has 0 saturated carbocycles. The molecule has 0 saturated heterocycles. The fraction of sp³-hybridized carbons (Fsp3) is 0.150. The van der Waals surface area contributed by atoms with Crippen molar-refractivity contribution in [1.82, 2.24) is 9.88 Å². The Morgan fingerprint density at radius 2 is 1.62 bits per heavy atom. The van der Waals surface area contributed by atoms with Crippen LogP contribution in [0.4, 0.5) is 13.2 Å². The maximum Gasteiger partial charge on any atom is 0.416 e. The zero-order valence-electron chi connectivity index (χ0n) is 14.0. The quantitative estimate of drug-likeness (QED) is 0.729. The van der Waals surface area contributed by atoms with E-state index in [-0.39, 0.29) is 5.91 Å². The molecule has 0 bridgehead atoms. The second-order valence-corrected chi connectivity index (χ2v) is 5.94. The van der Waals surface area contributed by atoms with Gasteiger partial charge < -0.3 is 9.88 Å². The highest BCUT2D eigenvalue weighted by atomic mass is 19.4. The lowest BCUT2D eigenvalue weighted by atomic mass is 10.0. The van der Waals surface area contributed by atoms with Gasteiger partial charge in [0, 0.05) is 24.5 Å². The van der Waals surface area contributed by atoms with Crippen LogP contribution < -0.4 is 5.32 Å². The van der Waals surface area contributed by atoms with Crippen LogP contribution >= 0.6 is 0 Å². The molecule has 0 aliphatic rings. The van der Waals surface area contributed by atoms with Gasteiger partial charge in [0.25, 0.3) is 5.91 Å². The first kappa shape index (κ1) is 17.8. The average molecular weight is 358 g/mol. The Bertz CT molecular complexity index is 883. The molecule has 134 valence electrons. The Morgan fingerprint density at radius 1 is 0.962 bits per heavy atom. The molecule has 1 aromatic heterocycles. The summed E-state index contributed by atoms with van der Waals surface area (Å²) in [7, 11) is 1.82. The Balaban J connectivity index is 1.94. The molecule has 3 aromatic rings. The lowest BCUT2D eigenvalue weighted by Gasteiger charge is -2.21. The Morgan fingerprint density at radius 3 is 2.15 bits per heavy atom. The van der Waals surface area contributed by atoms with E-state index < -0.39 is 17.8 Å². The summed E-state index contributed by atoms with van der Waals surface area (Å²) in [6.07, 6.45) is -2.58. The summed E-state index contributed by atoms with van der Waals surface area (Å²) >= 11 is 0. The lowest BCUT2D eigenvalue weighted by molar-refractivity contribution is -0.137. The van der Waals surface area contributed by atoms with E-state index in [1.54, 1.807) is 30.3 Å². The van der Waals surface area contributed by atoms with Gasteiger partial charge in [0.1, 0.15) is 0 Å². The first-order valence-corrected chi connectivity index (χ1v) is 8.00. The third kappa shape index (κ3) is 3.79. The van der Waals surface area contributed by atoms with Crippen LogP contribution in [0.25, 0.3) is 0 Å². The van der Waals surface area contributed by atoms with Gasteiger partial charge in [-0.25, -0.2) is 0 Å². The van der Waals surface area contributed by atoms with Crippen LogP contribution in [-0.4, -0.2) is 10.5 Å². The Kier molecular flexibility index (Phi) is 4.84. The molecule has 3 rings (SSSR count). The zero-order valence-corrected chi connectivity index (χ0v) is 14.0. The van der Waals surface area contributed by atoms with E-state index in [1.165, 1.54) is 12.1 Å². The predicted octanol–water partition coefficient (Wildman–Crippen LogP) is 4.56. The van der Waals surface area contributed by atoms with Gasteiger partial charge in [-0.05, 0) is 42.0 Å². The third-order valence-electron chi connectivity index (χ3n) is 4.16. The van der Waals surface area contributed by atoms with Crippen molar-refractivity contribution in [2.24, 2.45) is 7.05 Å². The predicted molar refractivity (Wildman–Crippen MR) is 92.6 cm³/mol. The number of benzene rings is 2. The molecular weight excluding hydrogens is 341 g/mol. The smallest absolute Gasteiger partial charge is 0.352 e. The van der Waals surface area contributed by atoms with Gasteiger partial charge in [-0.3, -0.25) is 4.79 Å². The van der Waals surface area contributed by atoms with Gasteiger partial charge in [-0.2, -0.15) is 13.2 Å². The minimum absolute atomic E-state index is 0.295. The first-order valence-electron chi connectivity index (χ1n) is 8.00.